The van der Waals surface area contributed by atoms with Gasteiger partial charge in [0.1, 0.15) is 0 Å². The molecule has 1 aromatic carbocycles. The molecule has 1 aromatic rings. The van der Waals surface area contributed by atoms with E-state index in [0.717, 1.165) is 12.1 Å². The third kappa shape index (κ3) is 2.40. The number of benzene rings is 1. The minimum Gasteiger partial charge on any atom is -0.205 e. The first-order valence-electron chi connectivity index (χ1n) is 3.28. The van der Waals surface area contributed by atoms with Crippen LogP contribution >= 0.6 is 0 Å². The highest BCUT2D eigenvalue weighted by Crippen LogP contribution is 2.31. The molecule has 0 spiro atoms. The fourth-order valence-corrected chi connectivity index (χ4v) is 0.784. The van der Waals surface area contributed by atoms with Crippen molar-refractivity contribution in [2.24, 2.45) is 0 Å². The van der Waals surface area contributed by atoms with Crippen molar-refractivity contribution in [2.75, 3.05) is 0 Å². The van der Waals surface area contributed by atoms with Crippen LogP contribution in [0.4, 0.5) is 22.0 Å². The van der Waals surface area contributed by atoms with Gasteiger partial charge in [0.15, 0.2) is 0 Å². The molecule has 0 amide bonds. The van der Waals surface area contributed by atoms with E-state index in [1.165, 1.54) is 0 Å². The zero-order valence-electron chi connectivity index (χ0n) is 6.20. The molecule has 0 saturated carbocycles. The topological polar surface area (TPSA) is 0 Å². The largest absolute Gasteiger partial charge is 0.417 e. The van der Waals surface area contributed by atoms with Crippen LogP contribution in [-0.2, 0) is 6.18 Å². The van der Waals surface area contributed by atoms with Crippen LogP contribution in [0.25, 0.3) is 0 Å². The third-order valence-corrected chi connectivity index (χ3v) is 1.38. The fourth-order valence-electron chi connectivity index (χ4n) is 0.784. The molecule has 1 radical (unpaired) electrons. The summed E-state index contributed by atoms with van der Waals surface area (Å²) in [6, 6.07) is 3.98. The van der Waals surface area contributed by atoms with Crippen LogP contribution in [-0.4, -0.2) is 0 Å². The van der Waals surface area contributed by atoms with Gasteiger partial charge in [-0.25, -0.2) is 8.78 Å². The smallest absolute Gasteiger partial charge is 0.205 e. The number of hydrogen-bond donors (Lipinski definition) is 0. The Morgan fingerprint density at radius 1 is 1.23 bits per heavy atom. The molecule has 13 heavy (non-hydrogen) atoms. The summed E-state index contributed by atoms with van der Waals surface area (Å²) in [5, 5.41) is 0. The Bertz CT molecular complexity index is 289. The SMILES string of the molecule is FC(F)c1cc[c]c(C(F)(F)F)c1. The third-order valence-electron chi connectivity index (χ3n) is 1.38. The Kier molecular flexibility index (Phi) is 2.54. The molecule has 1 rings (SSSR count). The summed E-state index contributed by atoms with van der Waals surface area (Å²) in [6.45, 7) is 0. The zero-order valence-corrected chi connectivity index (χ0v) is 6.20. The van der Waals surface area contributed by atoms with Crippen molar-refractivity contribution < 1.29 is 22.0 Å². The lowest BCUT2D eigenvalue weighted by Gasteiger charge is -2.07. The molecule has 0 nitrogen and oxygen atoms in total. The van der Waals surface area contributed by atoms with Gasteiger partial charge in [0.2, 0.25) is 0 Å². The van der Waals surface area contributed by atoms with Gasteiger partial charge in [-0.3, -0.25) is 0 Å². The second-order valence-electron chi connectivity index (χ2n) is 2.33. The lowest BCUT2D eigenvalue weighted by Crippen LogP contribution is -2.05. The normalized spacial score (nSPS) is 12.2. The standard InChI is InChI=1S/C8H4F5/c9-7(10)5-2-1-3-6(4-5)8(11,12)13/h1-2,4,7H. The predicted octanol–water partition coefficient (Wildman–Crippen LogP) is 3.44. The van der Waals surface area contributed by atoms with Gasteiger partial charge in [-0.05, 0) is 12.1 Å². The number of halogens is 5. The first kappa shape index (κ1) is 9.95. The molecule has 0 N–H and O–H groups in total. The second kappa shape index (κ2) is 3.32. The van der Waals surface area contributed by atoms with Crippen LogP contribution in [0.5, 0.6) is 0 Å². The van der Waals surface area contributed by atoms with Gasteiger partial charge in [0.05, 0.1) is 5.56 Å². The Balaban J connectivity index is 3.06. The summed E-state index contributed by atoms with van der Waals surface area (Å²) in [6.07, 6.45) is -7.51. The Hall–Kier alpha value is -1.13. The highest BCUT2D eigenvalue weighted by Gasteiger charge is 2.31. The van der Waals surface area contributed by atoms with Crippen LogP contribution in [0.15, 0.2) is 18.2 Å². The molecule has 0 atom stereocenters. The maximum absolute atomic E-state index is 12.0. The summed E-state index contributed by atoms with van der Waals surface area (Å²) in [4.78, 5) is 0. The van der Waals surface area contributed by atoms with E-state index in [9.17, 15) is 22.0 Å². The zero-order chi connectivity index (χ0) is 10.1. The van der Waals surface area contributed by atoms with Gasteiger partial charge >= 0.3 is 6.18 Å². The maximum Gasteiger partial charge on any atom is 0.417 e. The minimum atomic E-state index is -4.62. The Morgan fingerprint density at radius 2 is 1.85 bits per heavy atom. The summed E-state index contributed by atoms with van der Waals surface area (Å²) in [5.74, 6) is 0. The van der Waals surface area contributed by atoms with Gasteiger partial charge < -0.3 is 0 Å². The molecule has 0 unspecified atom stereocenters. The quantitative estimate of drug-likeness (QED) is 0.602. The van der Waals surface area contributed by atoms with Crippen molar-refractivity contribution in [1.29, 1.82) is 0 Å². The number of hydrogen-bond acceptors (Lipinski definition) is 0. The second-order valence-corrected chi connectivity index (χ2v) is 2.33. The van der Waals surface area contributed by atoms with E-state index in [0.29, 0.717) is 6.07 Å². The Labute approximate surface area is 71.0 Å². The van der Waals surface area contributed by atoms with Crippen molar-refractivity contribution in [3.63, 3.8) is 0 Å². The average Bonchev–Trinajstić information content (AvgIpc) is 2.03. The average molecular weight is 195 g/mol. The molecule has 0 aromatic heterocycles. The molecule has 71 valence electrons. The number of alkyl halides is 5. The predicted molar refractivity (Wildman–Crippen MR) is 35.2 cm³/mol. The Morgan fingerprint density at radius 3 is 2.31 bits per heavy atom. The maximum atomic E-state index is 12.0. The summed E-state index contributed by atoms with van der Waals surface area (Å²) in [5.41, 5.74) is -1.82. The van der Waals surface area contributed by atoms with Gasteiger partial charge in [-0.1, -0.05) is 12.1 Å². The van der Waals surface area contributed by atoms with E-state index >= 15 is 0 Å². The number of rotatable bonds is 1. The summed E-state index contributed by atoms with van der Waals surface area (Å²) in [7, 11) is 0. The first-order valence-corrected chi connectivity index (χ1v) is 3.28. The fraction of sp³-hybridized carbons (Fsp3) is 0.250. The van der Waals surface area contributed by atoms with Crippen LogP contribution < -0.4 is 0 Å². The molecule has 0 heterocycles. The lowest BCUT2D eigenvalue weighted by molar-refractivity contribution is -0.137. The molecular weight excluding hydrogens is 191 g/mol. The van der Waals surface area contributed by atoms with E-state index in [2.05, 4.69) is 0 Å². The summed E-state index contributed by atoms with van der Waals surface area (Å²) < 4.78 is 59.8. The van der Waals surface area contributed by atoms with Crippen LogP contribution in [0.2, 0.25) is 0 Å². The molecule has 0 fully saturated rings. The monoisotopic (exact) mass is 195 g/mol. The minimum absolute atomic E-state index is 0.394. The first-order chi connectivity index (χ1) is 5.91. The van der Waals surface area contributed by atoms with Crippen molar-refractivity contribution >= 4 is 0 Å². The van der Waals surface area contributed by atoms with Crippen molar-refractivity contribution in [1.82, 2.24) is 0 Å². The molecule has 0 saturated heterocycles. The molecule has 0 bridgehead atoms. The van der Waals surface area contributed by atoms with E-state index in [4.69, 9.17) is 0 Å². The molecule has 0 aliphatic heterocycles. The van der Waals surface area contributed by atoms with E-state index in [1.807, 2.05) is 6.07 Å². The summed E-state index contributed by atoms with van der Waals surface area (Å²) >= 11 is 0. The van der Waals surface area contributed by atoms with Crippen LogP contribution in [0.3, 0.4) is 0 Å². The van der Waals surface area contributed by atoms with Gasteiger partial charge in [-0.15, -0.1) is 0 Å². The lowest BCUT2D eigenvalue weighted by atomic mass is 10.1. The van der Waals surface area contributed by atoms with Crippen molar-refractivity contribution in [3.8, 4) is 0 Å². The van der Waals surface area contributed by atoms with Gasteiger partial charge in [-0.2, -0.15) is 13.2 Å². The van der Waals surface area contributed by atoms with Gasteiger partial charge in [0.25, 0.3) is 6.43 Å². The molecule has 0 aliphatic rings. The highest BCUT2D eigenvalue weighted by molar-refractivity contribution is 5.25. The van der Waals surface area contributed by atoms with Crippen molar-refractivity contribution in [3.05, 3.63) is 35.4 Å². The van der Waals surface area contributed by atoms with Crippen LogP contribution in [0.1, 0.15) is 17.6 Å². The molecule has 5 heteroatoms. The van der Waals surface area contributed by atoms with Crippen LogP contribution in [0, 0.1) is 6.07 Å². The van der Waals surface area contributed by atoms with E-state index < -0.39 is 23.7 Å². The van der Waals surface area contributed by atoms with E-state index in [1.54, 1.807) is 0 Å². The van der Waals surface area contributed by atoms with E-state index in [-0.39, 0.29) is 0 Å². The highest BCUT2D eigenvalue weighted by atomic mass is 19.4. The molecular formula is C8H4F5. The molecule has 0 aliphatic carbocycles. The van der Waals surface area contributed by atoms with Gasteiger partial charge in [0, 0.05) is 5.56 Å². The van der Waals surface area contributed by atoms with Crippen molar-refractivity contribution in [2.45, 2.75) is 12.6 Å².